The Morgan fingerprint density at radius 2 is 2.28 bits per heavy atom. The summed E-state index contributed by atoms with van der Waals surface area (Å²) in [5.74, 6) is 0.341. The molecule has 1 fully saturated rings. The maximum atomic E-state index is 12.2. The molecular weight excluding hydrogens is 314 g/mol. The van der Waals surface area contributed by atoms with Gasteiger partial charge in [0, 0.05) is 18.5 Å². The number of hydrogen-bond donors (Lipinski definition) is 1. The Balaban J connectivity index is 1.92. The Labute approximate surface area is 120 Å². The van der Waals surface area contributed by atoms with Crippen molar-refractivity contribution in [1.82, 2.24) is 4.90 Å². The number of nitrogens with zero attached hydrogens (tertiary/aromatic N) is 1. The molecule has 2 unspecified atom stereocenters. The van der Waals surface area contributed by atoms with Crippen molar-refractivity contribution in [2.75, 3.05) is 13.6 Å². The number of likely N-dealkylation sites (N-methyl/N-ethyl adjacent to an activating group) is 1. The molecule has 1 aromatic heterocycles. The van der Waals surface area contributed by atoms with Crippen LogP contribution in [0, 0.1) is 5.92 Å². The molecule has 1 N–H and O–H groups in total. The topological polar surface area (TPSA) is 40.5 Å². The van der Waals surface area contributed by atoms with Crippen molar-refractivity contribution in [2.24, 2.45) is 5.92 Å². The maximum Gasteiger partial charge on any atom is 0.230 e. The quantitative estimate of drug-likeness (QED) is 0.901. The zero-order chi connectivity index (χ0) is 13.3. The average Bonchev–Trinajstić information content (AvgIpc) is 3.10. The Bertz CT molecular complexity index is 430. The normalized spacial score (nSPS) is 18.4. The SMILES string of the molecule is CC(C(=O)N(C)CC(O)C1CC1)c1ccc(Br)s1. The van der Waals surface area contributed by atoms with Gasteiger partial charge in [0.15, 0.2) is 0 Å². The highest BCUT2D eigenvalue weighted by Gasteiger charge is 2.32. The standard InChI is InChI=1S/C13H18BrNO2S/c1-8(11-5-6-12(14)18-11)13(17)15(2)7-10(16)9-3-4-9/h5-6,8-10,16H,3-4,7H2,1-2H3. The first-order valence-electron chi connectivity index (χ1n) is 6.17. The van der Waals surface area contributed by atoms with Gasteiger partial charge in [-0.15, -0.1) is 11.3 Å². The van der Waals surface area contributed by atoms with Gasteiger partial charge in [-0.05, 0) is 53.7 Å². The van der Waals surface area contributed by atoms with E-state index in [9.17, 15) is 9.90 Å². The van der Waals surface area contributed by atoms with Gasteiger partial charge in [0.25, 0.3) is 0 Å². The highest BCUT2D eigenvalue weighted by atomic mass is 79.9. The fraction of sp³-hybridized carbons (Fsp3) is 0.615. The number of thiophene rings is 1. The molecule has 0 bridgehead atoms. The average molecular weight is 332 g/mol. The largest absolute Gasteiger partial charge is 0.391 e. The van der Waals surface area contributed by atoms with Gasteiger partial charge in [0.05, 0.1) is 15.8 Å². The van der Waals surface area contributed by atoms with E-state index in [1.54, 1.807) is 23.3 Å². The fourth-order valence-electron chi connectivity index (χ4n) is 2.01. The lowest BCUT2D eigenvalue weighted by atomic mass is 10.1. The third-order valence-electron chi connectivity index (χ3n) is 3.39. The van der Waals surface area contributed by atoms with Gasteiger partial charge in [-0.2, -0.15) is 0 Å². The second kappa shape index (κ2) is 5.72. The molecule has 100 valence electrons. The van der Waals surface area contributed by atoms with Crippen molar-refractivity contribution in [1.29, 1.82) is 0 Å². The molecule has 2 atom stereocenters. The van der Waals surface area contributed by atoms with Gasteiger partial charge in [0.1, 0.15) is 0 Å². The Hall–Kier alpha value is -0.390. The molecule has 0 spiro atoms. The summed E-state index contributed by atoms with van der Waals surface area (Å²) in [7, 11) is 1.77. The first kappa shape index (κ1) is 14.0. The molecule has 1 amide bonds. The van der Waals surface area contributed by atoms with Crippen LogP contribution in [0.5, 0.6) is 0 Å². The van der Waals surface area contributed by atoms with Crippen LogP contribution in [0.1, 0.15) is 30.6 Å². The van der Waals surface area contributed by atoms with E-state index >= 15 is 0 Å². The lowest BCUT2D eigenvalue weighted by molar-refractivity contribution is -0.132. The van der Waals surface area contributed by atoms with Crippen molar-refractivity contribution in [3.8, 4) is 0 Å². The lowest BCUT2D eigenvalue weighted by Crippen LogP contribution is -2.37. The van der Waals surface area contributed by atoms with Crippen LogP contribution in [0.4, 0.5) is 0 Å². The molecule has 0 radical (unpaired) electrons. The summed E-state index contributed by atoms with van der Waals surface area (Å²) in [6.07, 6.45) is 1.83. The van der Waals surface area contributed by atoms with Gasteiger partial charge in [-0.25, -0.2) is 0 Å². The summed E-state index contributed by atoms with van der Waals surface area (Å²) in [5, 5.41) is 9.87. The molecule has 0 aromatic carbocycles. The van der Waals surface area contributed by atoms with Crippen LogP contribution in [0.2, 0.25) is 0 Å². The van der Waals surface area contributed by atoms with E-state index in [-0.39, 0.29) is 17.9 Å². The minimum absolute atomic E-state index is 0.0732. The van der Waals surface area contributed by atoms with E-state index in [4.69, 9.17) is 0 Å². The minimum Gasteiger partial charge on any atom is -0.391 e. The van der Waals surface area contributed by atoms with Crippen molar-refractivity contribution in [2.45, 2.75) is 31.8 Å². The number of amides is 1. The first-order chi connectivity index (χ1) is 8.49. The van der Waals surface area contributed by atoms with E-state index in [0.717, 1.165) is 21.5 Å². The second-order valence-corrected chi connectivity index (χ2v) is 7.48. The van der Waals surface area contributed by atoms with E-state index < -0.39 is 0 Å². The third kappa shape index (κ3) is 3.33. The van der Waals surface area contributed by atoms with Crippen molar-refractivity contribution in [3.05, 3.63) is 20.8 Å². The van der Waals surface area contributed by atoms with Crippen LogP contribution in [-0.2, 0) is 4.79 Å². The van der Waals surface area contributed by atoms with Crippen LogP contribution in [0.25, 0.3) is 0 Å². The maximum absolute atomic E-state index is 12.2. The number of hydrogen-bond acceptors (Lipinski definition) is 3. The summed E-state index contributed by atoms with van der Waals surface area (Å²) >= 11 is 4.99. The number of halogens is 1. The molecule has 0 aliphatic heterocycles. The van der Waals surface area contributed by atoms with E-state index in [1.807, 2.05) is 19.1 Å². The molecule has 1 aliphatic carbocycles. The molecule has 1 aliphatic rings. The summed E-state index contributed by atoms with van der Waals surface area (Å²) in [6.45, 7) is 2.36. The fourth-order valence-corrected chi connectivity index (χ4v) is 3.48. The van der Waals surface area contributed by atoms with E-state index in [1.165, 1.54) is 0 Å². The Kier molecular flexibility index (Phi) is 4.45. The zero-order valence-electron chi connectivity index (χ0n) is 10.6. The van der Waals surface area contributed by atoms with E-state index in [0.29, 0.717) is 12.5 Å². The van der Waals surface area contributed by atoms with Crippen LogP contribution >= 0.6 is 27.3 Å². The molecule has 5 heteroatoms. The van der Waals surface area contributed by atoms with Gasteiger partial charge in [-0.3, -0.25) is 4.79 Å². The Morgan fingerprint density at radius 1 is 1.61 bits per heavy atom. The van der Waals surface area contributed by atoms with Gasteiger partial charge < -0.3 is 10.0 Å². The highest BCUT2D eigenvalue weighted by molar-refractivity contribution is 9.11. The number of carbonyl (C=O) groups excluding carboxylic acids is 1. The molecule has 1 aromatic rings. The predicted molar refractivity (Wildman–Crippen MR) is 76.8 cm³/mol. The second-order valence-electron chi connectivity index (χ2n) is 4.99. The summed E-state index contributed by atoms with van der Waals surface area (Å²) < 4.78 is 1.04. The van der Waals surface area contributed by atoms with Crippen molar-refractivity contribution in [3.63, 3.8) is 0 Å². The number of aliphatic hydroxyl groups is 1. The highest BCUT2D eigenvalue weighted by Crippen LogP contribution is 2.33. The van der Waals surface area contributed by atoms with E-state index in [2.05, 4.69) is 15.9 Å². The molecule has 2 rings (SSSR count). The lowest BCUT2D eigenvalue weighted by Gasteiger charge is -2.23. The number of aliphatic hydroxyl groups excluding tert-OH is 1. The zero-order valence-corrected chi connectivity index (χ0v) is 13.0. The van der Waals surface area contributed by atoms with Crippen molar-refractivity contribution >= 4 is 33.2 Å². The first-order valence-corrected chi connectivity index (χ1v) is 7.78. The molecule has 1 heterocycles. The minimum atomic E-state index is -0.360. The smallest absolute Gasteiger partial charge is 0.230 e. The molecule has 0 saturated heterocycles. The summed E-state index contributed by atoms with van der Waals surface area (Å²) in [4.78, 5) is 14.9. The predicted octanol–water partition coefficient (Wildman–Crippen LogP) is 2.84. The van der Waals surface area contributed by atoms with Gasteiger partial charge in [0.2, 0.25) is 5.91 Å². The molecular formula is C13H18BrNO2S. The van der Waals surface area contributed by atoms with Crippen LogP contribution in [-0.4, -0.2) is 35.6 Å². The molecule has 18 heavy (non-hydrogen) atoms. The Morgan fingerprint density at radius 3 is 2.78 bits per heavy atom. The number of carbonyl (C=O) groups is 1. The van der Waals surface area contributed by atoms with Crippen molar-refractivity contribution < 1.29 is 9.90 Å². The van der Waals surface area contributed by atoms with Crippen LogP contribution in [0.15, 0.2) is 15.9 Å². The third-order valence-corrected chi connectivity index (χ3v) is 5.20. The van der Waals surface area contributed by atoms with Gasteiger partial charge in [-0.1, -0.05) is 0 Å². The van der Waals surface area contributed by atoms with Gasteiger partial charge >= 0.3 is 0 Å². The summed E-state index contributed by atoms with van der Waals surface area (Å²) in [6, 6.07) is 3.94. The van der Waals surface area contributed by atoms with Crippen LogP contribution in [0.3, 0.4) is 0 Å². The molecule has 1 saturated carbocycles. The number of rotatable bonds is 5. The monoisotopic (exact) mass is 331 g/mol. The molecule has 3 nitrogen and oxygen atoms in total. The van der Waals surface area contributed by atoms with Crippen LogP contribution < -0.4 is 0 Å². The summed E-state index contributed by atoms with van der Waals surface area (Å²) in [5.41, 5.74) is 0.